The number of hydrogen-bond acceptors (Lipinski definition) is 8. The highest BCUT2D eigenvalue weighted by atomic mass is 16.5. The van der Waals surface area contributed by atoms with Crippen molar-refractivity contribution >= 4 is 35.3 Å². The summed E-state index contributed by atoms with van der Waals surface area (Å²) >= 11 is 0. The third kappa shape index (κ3) is 8.76. The zero-order valence-corrected chi connectivity index (χ0v) is 24.0. The van der Waals surface area contributed by atoms with Crippen LogP contribution in [0.15, 0.2) is 29.3 Å². The lowest BCUT2D eigenvalue weighted by Gasteiger charge is -2.45. The number of carbonyl (C=O) groups is 3. The van der Waals surface area contributed by atoms with Gasteiger partial charge in [0.25, 0.3) is 0 Å². The van der Waals surface area contributed by atoms with E-state index >= 15 is 0 Å². The number of carboxylic acids is 1. The predicted molar refractivity (Wildman–Crippen MR) is 152 cm³/mol. The van der Waals surface area contributed by atoms with Crippen molar-refractivity contribution in [2.75, 3.05) is 43.0 Å². The summed E-state index contributed by atoms with van der Waals surface area (Å²) < 4.78 is 5.03. The second-order valence-electron chi connectivity index (χ2n) is 11.8. The fourth-order valence-corrected chi connectivity index (χ4v) is 4.83. The molecule has 0 radical (unpaired) electrons. The number of benzene rings is 1. The highest BCUT2D eigenvalue weighted by molar-refractivity contribution is 5.94. The van der Waals surface area contributed by atoms with Gasteiger partial charge >= 0.3 is 12.1 Å². The third-order valence-corrected chi connectivity index (χ3v) is 6.87. The largest absolute Gasteiger partial charge is 0.480 e. The number of hydrogen-bond donors (Lipinski definition) is 4. The summed E-state index contributed by atoms with van der Waals surface area (Å²) in [6.07, 6.45) is -0.778. The van der Waals surface area contributed by atoms with Crippen molar-refractivity contribution in [2.45, 2.75) is 72.5 Å². The molecular formula is C28H44N6O5. The molecule has 0 aromatic heterocycles. The van der Waals surface area contributed by atoms with Gasteiger partial charge in [-0.25, -0.2) is 9.59 Å². The van der Waals surface area contributed by atoms with Gasteiger partial charge in [-0.3, -0.25) is 9.79 Å². The Bertz CT molecular complexity index is 1050. The van der Waals surface area contributed by atoms with Crippen molar-refractivity contribution in [3.8, 4) is 0 Å². The average Bonchev–Trinajstić information content (AvgIpc) is 2.86. The number of nitrogens with one attached hydrogen (secondary N) is 3. The van der Waals surface area contributed by atoms with E-state index in [1.165, 1.54) is 0 Å². The van der Waals surface area contributed by atoms with Crippen molar-refractivity contribution in [1.29, 1.82) is 0 Å². The minimum Gasteiger partial charge on any atom is -0.480 e. The third-order valence-electron chi connectivity index (χ3n) is 6.87. The van der Waals surface area contributed by atoms with Crippen LogP contribution in [0.5, 0.6) is 0 Å². The molecule has 0 aliphatic carbocycles. The van der Waals surface area contributed by atoms with Gasteiger partial charge in [0.1, 0.15) is 6.04 Å². The van der Waals surface area contributed by atoms with Crippen LogP contribution in [0, 0.1) is 11.3 Å². The lowest BCUT2D eigenvalue weighted by Crippen LogP contribution is -2.59. The number of rotatable bonds is 9. The number of amides is 2. The summed E-state index contributed by atoms with van der Waals surface area (Å²) in [5.41, 5.74) is 2.13. The van der Waals surface area contributed by atoms with E-state index in [9.17, 15) is 19.5 Å². The smallest absolute Gasteiger partial charge is 0.407 e. The number of guanidine groups is 1. The summed E-state index contributed by atoms with van der Waals surface area (Å²) in [6.45, 7) is 15.3. The number of carboxylic acid groups (broad SMARTS) is 1. The number of nitrogens with zero attached hydrogens (tertiary/aromatic N) is 3. The molecule has 1 aromatic rings. The summed E-state index contributed by atoms with van der Waals surface area (Å²) in [5.74, 6) is -0.414. The van der Waals surface area contributed by atoms with E-state index < -0.39 is 18.1 Å². The van der Waals surface area contributed by atoms with E-state index in [-0.39, 0.29) is 48.8 Å². The van der Waals surface area contributed by atoms with Gasteiger partial charge in [0, 0.05) is 61.5 Å². The van der Waals surface area contributed by atoms with Gasteiger partial charge in [-0.1, -0.05) is 33.8 Å². The molecular weight excluding hydrogens is 500 g/mol. The van der Waals surface area contributed by atoms with Gasteiger partial charge < -0.3 is 35.6 Å². The van der Waals surface area contributed by atoms with Gasteiger partial charge in [0.2, 0.25) is 5.91 Å². The van der Waals surface area contributed by atoms with Crippen LogP contribution in [0.3, 0.4) is 0 Å². The van der Waals surface area contributed by atoms with E-state index in [2.05, 4.69) is 51.8 Å². The van der Waals surface area contributed by atoms with E-state index in [0.29, 0.717) is 13.1 Å². The fourth-order valence-electron chi connectivity index (χ4n) is 4.83. The van der Waals surface area contributed by atoms with Gasteiger partial charge in [-0.15, -0.1) is 0 Å². The summed E-state index contributed by atoms with van der Waals surface area (Å²) in [4.78, 5) is 45.4. The Morgan fingerprint density at radius 1 is 1.21 bits per heavy atom. The van der Waals surface area contributed by atoms with Crippen LogP contribution in [0.25, 0.3) is 0 Å². The molecule has 3 atom stereocenters. The second kappa shape index (κ2) is 13.0. The van der Waals surface area contributed by atoms with E-state index in [1.807, 2.05) is 44.7 Å². The summed E-state index contributed by atoms with van der Waals surface area (Å²) in [6, 6.07) is 6.82. The number of carbonyl (C=O) groups excluding carboxylic acids is 2. The Hall–Kier alpha value is -3.50. The van der Waals surface area contributed by atoms with Crippen molar-refractivity contribution in [1.82, 2.24) is 15.5 Å². The zero-order chi connectivity index (χ0) is 28.7. The van der Waals surface area contributed by atoms with E-state index in [1.54, 1.807) is 0 Å². The fraction of sp³-hybridized carbons (Fsp3) is 0.643. The van der Waals surface area contributed by atoms with Crippen molar-refractivity contribution in [3.63, 3.8) is 0 Å². The van der Waals surface area contributed by atoms with Crippen LogP contribution in [-0.2, 0) is 14.3 Å². The molecule has 1 saturated heterocycles. The van der Waals surface area contributed by atoms with Gasteiger partial charge in [0.15, 0.2) is 5.96 Å². The van der Waals surface area contributed by atoms with E-state index in [4.69, 9.17) is 4.74 Å². The molecule has 2 amide bonds. The highest BCUT2D eigenvalue weighted by Crippen LogP contribution is 2.26. The Kier molecular flexibility index (Phi) is 10.0. The molecule has 1 fully saturated rings. The van der Waals surface area contributed by atoms with Crippen molar-refractivity contribution in [3.05, 3.63) is 24.3 Å². The standard InChI is InChI=1S/C28H44N6O5/c1-18(2)15-39-27(38)32-23(25(36)37)10-11-24(35)34-19(3)13-33(14-20(34)4)22-9-7-8-21(12-22)31-26-29-16-28(5,6)17-30-26/h7-9,12,18-20,23H,10-11,13-17H2,1-6H3,(H,32,38)(H,36,37)(H2,29,30,31). The lowest BCUT2D eigenvalue weighted by molar-refractivity contribution is -0.140. The number of anilines is 2. The molecule has 3 rings (SSSR count). The maximum atomic E-state index is 13.2. The molecule has 0 spiro atoms. The second-order valence-corrected chi connectivity index (χ2v) is 11.8. The molecule has 2 aliphatic rings. The number of aliphatic imine (C=N–C) groups is 1. The quantitative estimate of drug-likeness (QED) is 0.372. The van der Waals surface area contributed by atoms with Gasteiger partial charge in [-0.05, 0) is 44.4 Å². The predicted octanol–water partition coefficient (Wildman–Crippen LogP) is 3.13. The number of ether oxygens (including phenoxy) is 1. The zero-order valence-electron chi connectivity index (χ0n) is 24.0. The molecule has 0 saturated carbocycles. The molecule has 2 heterocycles. The molecule has 3 unspecified atom stereocenters. The van der Waals surface area contributed by atoms with Crippen LogP contribution in [-0.4, -0.2) is 84.8 Å². The molecule has 216 valence electrons. The first-order valence-corrected chi connectivity index (χ1v) is 13.7. The van der Waals surface area contributed by atoms with Gasteiger partial charge in [0.05, 0.1) is 6.61 Å². The minimum atomic E-state index is -1.19. The maximum absolute atomic E-state index is 13.2. The number of alkyl carbamates (subject to hydrolysis) is 1. The van der Waals surface area contributed by atoms with Crippen LogP contribution in [0.1, 0.15) is 54.4 Å². The SMILES string of the molecule is CC(C)COC(=O)NC(CCC(=O)N1C(C)CN(c2cccc(NC3=NCC(C)(C)CN3)c2)CC1C)C(=O)O. The Labute approximate surface area is 231 Å². The van der Waals surface area contributed by atoms with Crippen LogP contribution >= 0.6 is 0 Å². The summed E-state index contributed by atoms with van der Waals surface area (Å²) in [7, 11) is 0. The molecule has 1 aromatic carbocycles. The Morgan fingerprint density at radius 3 is 2.49 bits per heavy atom. The molecule has 11 heteroatoms. The number of aliphatic carboxylic acids is 1. The molecule has 4 N–H and O–H groups in total. The first kappa shape index (κ1) is 30.0. The van der Waals surface area contributed by atoms with Crippen molar-refractivity contribution in [2.24, 2.45) is 16.3 Å². The van der Waals surface area contributed by atoms with Crippen LogP contribution in [0.4, 0.5) is 16.2 Å². The molecule has 0 bridgehead atoms. The van der Waals surface area contributed by atoms with Crippen molar-refractivity contribution < 1.29 is 24.2 Å². The van der Waals surface area contributed by atoms with Crippen LogP contribution < -0.4 is 20.9 Å². The Morgan fingerprint density at radius 2 is 1.90 bits per heavy atom. The molecule has 39 heavy (non-hydrogen) atoms. The topological polar surface area (TPSA) is 136 Å². The molecule has 11 nitrogen and oxygen atoms in total. The van der Waals surface area contributed by atoms with Gasteiger partial charge in [-0.2, -0.15) is 0 Å². The lowest BCUT2D eigenvalue weighted by atomic mass is 9.93. The highest BCUT2D eigenvalue weighted by Gasteiger charge is 2.34. The normalized spacial score (nSPS) is 21.5. The summed E-state index contributed by atoms with van der Waals surface area (Å²) in [5, 5.41) is 18.6. The molecule has 2 aliphatic heterocycles. The van der Waals surface area contributed by atoms with E-state index in [0.717, 1.165) is 30.4 Å². The number of piperazine rings is 1. The maximum Gasteiger partial charge on any atom is 0.407 e. The minimum absolute atomic E-state index is 0.00653. The average molecular weight is 545 g/mol. The first-order chi connectivity index (χ1) is 18.3. The first-order valence-electron chi connectivity index (χ1n) is 13.7. The Balaban J connectivity index is 1.56. The monoisotopic (exact) mass is 544 g/mol. The van der Waals surface area contributed by atoms with Crippen LogP contribution in [0.2, 0.25) is 0 Å².